The minimum atomic E-state index is -0.724. The molecule has 5 rings (SSSR count). The predicted molar refractivity (Wildman–Crippen MR) is 127 cm³/mol. The van der Waals surface area contributed by atoms with Crippen molar-refractivity contribution in [2.75, 3.05) is 44.7 Å². The van der Waals surface area contributed by atoms with Gasteiger partial charge in [0.25, 0.3) is 6.47 Å². The van der Waals surface area contributed by atoms with Gasteiger partial charge in [0.15, 0.2) is 0 Å². The van der Waals surface area contributed by atoms with Gasteiger partial charge >= 0.3 is 0 Å². The summed E-state index contributed by atoms with van der Waals surface area (Å²) in [6, 6.07) is 17.7. The van der Waals surface area contributed by atoms with Crippen molar-refractivity contribution in [1.29, 1.82) is 0 Å². The summed E-state index contributed by atoms with van der Waals surface area (Å²) < 4.78 is 5.41. The third-order valence-corrected chi connectivity index (χ3v) is 6.99. The summed E-state index contributed by atoms with van der Waals surface area (Å²) in [5, 5.41) is 9.97. The smallest absolute Gasteiger partial charge is 0.290 e. The van der Waals surface area contributed by atoms with E-state index in [0.29, 0.717) is 19.4 Å². The second-order valence-electron chi connectivity index (χ2n) is 8.78. The summed E-state index contributed by atoms with van der Waals surface area (Å²) in [6.07, 6.45) is 1.97. The van der Waals surface area contributed by atoms with Gasteiger partial charge in [-0.15, -0.1) is 0 Å². The van der Waals surface area contributed by atoms with E-state index in [1.165, 1.54) is 0 Å². The number of hydrogen-bond acceptors (Lipinski definition) is 5. The van der Waals surface area contributed by atoms with Crippen LogP contribution in [-0.2, 0) is 24.5 Å². The number of rotatable bonds is 5. The second-order valence-corrected chi connectivity index (χ2v) is 8.78. The van der Waals surface area contributed by atoms with Gasteiger partial charge in [0.05, 0.1) is 19.3 Å². The molecule has 0 unspecified atom stereocenters. The Hall–Kier alpha value is -3.23. The Morgan fingerprint density at radius 2 is 1.76 bits per heavy atom. The predicted octanol–water partition coefficient (Wildman–Crippen LogP) is 2.66. The lowest BCUT2D eigenvalue weighted by Gasteiger charge is -2.34. The van der Waals surface area contributed by atoms with Crippen molar-refractivity contribution in [1.82, 2.24) is 9.80 Å². The molecule has 2 saturated heterocycles. The van der Waals surface area contributed by atoms with Gasteiger partial charge in [-0.3, -0.25) is 19.3 Å². The first kappa shape index (κ1) is 23.9. The fourth-order valence-electron chi connectivity index (χ4n) is 5.48. The first-order chi connectivity index (χ1) is 16.6. The largest absolute Gasteiger partial charge is 0.483 e. The minimum Gasteiger partial charge on any atom is -0.483 e. The highest BCUT2D eigenvalue weighted by molar-refractivity contribution is 6.07. The molecule has 34 heavy (non-hydrogen) atoms. The monoisotopic (exact) mass is 465 g/mol. The van der Waals surface area contributed by atoms with Crippen molar-refractivity contribution in [3.05, 3.63) is 65.7 Å². The van der Waals surface area contributed by atoms with Crippen molar-refractivity contribution in [3.63, 3.8) is 0 Å². The summed E-state index contributed by atoms with van der Waals surface area (Å²) in [4.78, 5) is 39.4. The zero-order valence-corrected chi connectivity index (χ0v) is 19.2. The maximum Gasteiger partial charge on any atom is 0.290 e. The van der Waals surface area contributed by atoms with Crippen LogP contribution in [0.3, 0.4) is 0 Å². The molecule has 2 N–H and O–H groups in total. The molecular formula is C26H31N3O5. The first-order valence-corrected chi connectivity index (χ1v) is 11.7. The highest BCUT2D eigenvalue weighted by Gasteiger charge is 2.59. The van der Waals surface area contributed by atoms with E-state index < -0.39 is 5.41 Å². The lowest BCUT2D eigenvalue weighted by molar-refractivity contribution is -0.133. The van der Waals surface area contributed by atoms with Gasteiger partial charge < -0.3 is 20.1 Å². The summed E-state index contributed by atoms with van der Waals surface area (Å²) in [7, 11) is 0. The molecule has 1 spiro atoms. The molecule has 2 amide bonds. The number of likely N-dealkylation sites (tertiary alicyclic amines) is 1. The number of hydrogen-bond donors (Lipinski definition) is 2. The van der Waals surface area contributed by atoms with E-state index in [0.717, 1.165) is 56.1 Å². The fraction of sp³-hybridized carbons (Fsp3) is 0.423. The van der Waals surface area contributed by atoms with E-state index in [2.05, 4.69) is 10.2 Å². The van der Waals surface area contributed by atoms with Crippen LogP contribution in [0.4, 0.5) is 5.69 Å². The molecule has 0 bridgehead atoms. The van der Waals surface area contributed by atoms with Gasteiger partial charge in [-0.2, -0.15) is 0 Å². The highest BCUT2D eigenvalue weighted by atomic mass is 16.5. The molecule has 0 saturated carbocycles. The third-order valence-electron chi connectivity index (χ3n) is 6.99. The van der Waals surface area contributed by atoms with Crippen LogP contribution in [0.1, 0.15) is 36.4 Å². The Kier molecular flexibility index (Phi) is 7.59. The average Bonchev–Trinajstić information content (AvgIpc) is 3.40. The van der Waals surface area contributed by atoms with Crippen molar-refractivity contribution >= 4 is 24.0 Å². The number of morpholine rings is 1. The molecule has 8 heteroatoms. The number of anilines is 1. The van der Waals surface area contributed by atoms with Crippen LogP contribution in [-0.4, -0.2) is 72.6 Å². The molecule has 3 aliphatic heterocycles. The van der Waals surface area contributed by atoms with Crippen molar-refractivity contribution < 1.29 is 24.2 Å². The number of fused-ring (bicyclic) bond motifs is 2. The molecule has 2 aromatic rings. The zero-order chi connectivity index (χ0) is 24.0. The lowest BCUT2D eigenvalue weighted by Crippen LogP contribution is -2.43. The van der Waals surface area contributed by atoms with Crippen LogP contribution in [0.5, 0.6) is 0 Å². The van der Waals surface area contributed by atoms with Gasteiger partial charge in [0.2, 0.25) is 11.8 Å². The Morgan fingerprint density at radius 1 is 1.09 bits per heavy atom. The van der Waals surface area contributed by atoms with Gasteiger partial charge in [-0.05, 0) is 36.6 Å². The van der Waals surface area contributed by atoms with Gasteiger partial charge in [-0.1, -0.05) is 48.5 Å². The SMILES string of the molecule is O=C(CCCN1CCOCC1)N1CC[C@]2(C(=O)Nc3ccccc32)[C@@H]1c1ccccc1.O=CO. The molecule has 0 aliphatic carbocycles. The van der Waals surface area contributed by atoms with Gasteiger partial charge in [-0.25, -0.2) is 0 Å². The first-order valence-electron chi connectivity index (χ1n) is 11.7. The van der Waals surface area contributed by atoms with E-state index >= 15 is 0 Å². The number of ether oxygens (including phenoxy) is 1. The molecule has 2 fully saturated rings. The molecule has 2 aromatic carbocycles. The average molecular weight is 466 g/mol. The van der Waals surface area contributed by atoms with Crippen LogP contribution in [0.15, 0.2) is 54.6 Å². The maximum atomic E-state index is 13.4. The van der Waals surface area contributed by atoms with Crippen molar-refractivity contribution in [3.8, 4) is 0 Å². The molecular weight excluding hydrogens is 434 g/mol. The summed E-state index contributed by atoms with van der Waals surface area (Å²) in [5.74, 6) is 0.141. The van der Waals surface area contributed by atoms with Gasteiger partial charge in [0, 0.05) is 31.7 Å². The van der Waals surface area contributed by atoms with Crippen LogP contribution < -0.4 is 5.32 Å². The number of nitrogens with zero attached hydrogens (tertiary/aromatic N) is 2. The maximum absolute atomic E-state index is 13.4. The van der Waals surface area contributed by atoms with E-state index in [1.54, 1.807) is 0 Å². The number of carbonyl (C=O) groups is 3. The third kappa shape index (κ3) is 4.56. The molecule has 3 heterocycles. The summed E-state index contributed by atoms with van der Waals surface area (Å²) in [5.41, 5.74) is 2.18. The molecule has 2 atom stereocenters. The van der Waals surface area contributed by atoms with Crippen LogP contribution in [0, 0.1) is 0 Å². The Labute approximate surface area is 199 Å². The van der Waals surface area contributed by atoms with E-state index in [-0.39, 0.29) is 24.3 Å². The molecule has 0 aromatic heterocycles. The molecule has 3 aliphatic rings. The van der Waals surface area contributed by atoms with Gasteiger partial charge in [0.1, 0.15) is 5.41 Å². The quantitative estimate of drug-likeness (QED) is 0.659. The summed E-state index contributed by atoms with van der Waals surface area (Å²) in [6.45, 7) is 4.67. The molecule has 180 valence electrons. The number of benzene rings is 2. The normalized spacial score (nSPS) is 23.7. The Balaban J connectivity index is 0.000000868. The number of para-hydroxylation sites is 1. The minimum absolute atomic E-state index is 0.00571. The topological polar surface area (TPSA) is 99.2 Å². The molecule has 8 nitrogen and oxygen atoms in total. The number of nitrogens with one attached hydrogen (secondary N) is 1. The van der Waals surface area contributed by atoms with E-state index in [9.17, 15) is 9.59 Å². The number of amides is 2. The van der Waals surface area contributed by atoms with Crippen LogP contribution in [0.25, 0.3) is 0 Å². The van der Waals surface area contributed by atoms with Crippen LogP contribution >= 0.6 is 0 Å². The Morgan fingerprint density at radius 3 is 2.50 bits per heavy atom. The second kappa shape index (κ2) is 10.8. The van der Waals surface area contributed by atoms with Crippen molar-refractivity contribution in [2.45, 2.75) is 30.7 Å². The van der Waals surface area contributed by atoms with E-state index in [4.69, 9.17) is 14.6 Å². The standard InChI is InChI=1S/C25H29N3O3.CH2O2/c29-22(11-6-13-27-15-17-31-18-16-27)28-14-12-25(23(28)19-7-2-1-3-8-19)20-9-4-5-10-21(20)26-24(25)30;2-1-3/h1-5,7-10,23H,6,11-18H2,(H,26,30);1H,(H,2,3)/t23-,25+;/m0./s1. The zero-order valence-electron chi connectivity index (χ0n) is 19.2. The lowest BCUT2D eigenvalue weighted by atomic mass is 9.72. The number of carboxylic acid groups (broad SMARTS) is 1. The van der Waals surface area contributed by atoms with E-state index in [1.807, 2.05) is 59.5 Å². The Bertz CT molecular complexity index is 1010. The van der Waals surface area contributed by atoms with Crippen LogP contribution in [0.2, 0.25) is 0 Å². The summed E-state index contributed by atoms with van der Waals surface area (Å²) >= 11 is 0. The number of carbonyl (C=O) groups excluding carboxylic acids is 2. The molecule has 0 radical (unpaired) electrons. The highest BCUT2D eigenvalue weighted by Crippen LogP contribution is 2.54. The fourth-order valence-corrected chi connectivity index (χ4v) is 5.48. The van der Waals surface area contributed by atoms with Crippen molar-refractivity contribution in [2.24, 2.45) is 0 Å².